The maximum Gasteiger partial charge on any atom is 0.412 e. The average molecular weight is 656 g/mol. The Morgan fingerprint density at radius 1 is 0.891 bits per heavy atom. The van der Waals surface area contributed by atoms with Gasteiger partial charge in [-0.3, -0.25) is 10.1 Å². The first kappa shape index (κ1) is 34.8. The van der Waals surface area contributed by atoms with Crippen LogP contribution in [-0.4, -0.2) is 65.7 Å². The lowest BCUT2D eigenvalue weighted by Gasteiger charge is -2.22. The minimum absolute atomic E-state index is 0.140. The van der Waals surface area contributed by atoms with Gasteiger partial charge in [0.1, 0.15) is 17.2 Å². The van der Waals surface area contributed by atoms with Gasteiger partial charge in [0, 0.05) is 47.6 Å². The third-order valence-corrected chi connectivity index (χ3v) is 9.31. The molecular formula is C33H45N5O7S. The molecule has 0 radical (unpaired) electrons. The molecule has 1 saturated heterocycles. The number of amides is 3. The summed E-state index contributed by atoms with van der Waals surface area (Å²) in [7, 11) is -3.83. The van der Waals surface area contributed by atoms with Gasteiger partial charge < -0.3 is 24.7 Å². The van der Waals surface area contributed by atoms with Crippen LogP contribution in [0.1, 0.15) is 72.1 Å². The van der Waals surface area contributed by atoms with Crippen LogP contribution < -0.4 is 16.0 Å². The first-order valence-corrected chi connectivity index (χ1v) is 16.7. The van der Waals surface area contributed by atoms with Gasteiger partial charge in [-0.15, -0.1) is 0 Å². The van der Waals surface area contributed by atoms with Crippen LogP contribution in [-0.2, 0) is 24.3 Å². The number of hydrogen-bond acceptors (Lipinski definition) is 7. The van der Waals surface area contributed by atoms with E-state index < -0.39 is 39.5 Å². The molecule has 1 aliphatic heterocycles. The molecule has 2 heterocycles. The van der Waals surface area contributed by atoms with E-state index >= 15 is 0 Å². The third-order valence-electron chi connectivity index (χ3n) is 7.45. The number of sulfonamides is 1. The fraction of sp³-hybridized carbons (Fsp3) is 0.485. The van der Waals surface area contributed by atoms with Gasteiger partial charge >= 0.3 is 12.2 Å². The number of carbonyl (C=O) groups is 3. The molecule has 1 unspecified atom stereocenters. The van der Waals surface area contributed by atoms with Crippen LogP contribution in [0.25, 0.3) is 10.9 Å². The van der Waals surface area contributed by atoms with E-state index in [0.717, 1.165) is 11.1 Å². The van der Waals surface area contributed by atoms with E-state index in [4.69, 9.17) is 9.47 Å². The fourth-order valence-corrected chi connectivity index (χ4v) is 6.72. The molecule has 46 heavy (non-hydrogen) atoms. The molecule has 3 N–H and O–H groups in total. The molecule has 1 aromatic heterocycles. The van der Waals surface area contributed by atoms with Crippen molar-refractivity contribution in [2.24, 2.45) is 0 Å². The van der Waals surface area contributed by atoms with Crippen LogP contribution in [0, 0.1) is 13.8 Å². The topological polar surface area (TPSA) is 148 Å². The largest absolute Gasteiger partial charge is 0.444 e. The van der Waals surface area contributed by atoms with Crippen molar-refractivity contribution in [2.45, 2.75) is 96.9 Å². The molecule has 2 atom stereocenters. The Kier molecular flexibility index (Phi) is 9.79. The summed E-state index contributed by atoms with van der Waals surface area (Å²) in [5.74, 6) is -0.285. The number of carbonyl (C=O) groups excluding carboxylic acids is 3. The molecule has 2 aromatic carbocycles. The first-order valence-electron chi connectivity index (χ1n) is 15.3. The normalized spacial score (nSPS) is 16.6. The van der Waals surface area contributed by atoms with Crippen molar-refractivity contribution in [3.63, 3.8) is 0 Å². The molecule has 0 aliphatic carbocycles. The van der Waals surface area contributed by atoms with Crippen molar-refractivity contribution in [3.05, 3.63) is 53.7 Å². The van der Waals surface area contributed by atoms with E-state index in [9.17, 15) is 22.8 Å². The molecule has 3 aromatic rings. The van der Waals surface area contributed by atoms with Gasteiger partial charge in [0.2, 0.25) is 15.9 Å². The summed E-state index contributed by atoms with van der Waals surface area (Å²) in [5, 5.41) is 9.12. The van der Waals surface area contributed by atoms with E-state index in [-0.39, 0.29) is 29.9 Å². The predicted octanol–water partition coefficient (Wildman–Crippen LogP) is 6.09. The van der Waals surface area contributed by atoms with Crippen molar-refractivity contribution < 1.29 is 32.3 Å². The number of aromatic nitrogens is 1. The summed E-state index contributed by atoms with van der Waals surface area (Å²) in [6, 6.07) is 9.09. The molecule has 1 aliphatic rings. The van der Waals surface area contributed by atoms with Gasteiger partial charge in [0.05, 0.1) is 4.90 Å². The Morgan fingerprint density at radius 3 is 2.20 bits per heavy atom. The van der Waals surface area contributed by atoms with Gasteiger partial charge in [-0.1, -0.05) is 6.07 Å². The standard InChI is InChI=1S/C33H45N5O7S/c1-20-10-11-23(34-30(40)44-32(4,5)6)16-27(20)36-29(39)22(3)38-18-21(2)26-17-25(12-13-28(26)38)46(42,43)37-15-14-24(19-37)35-31(41)45-33(7,8)9/h10-13,16-18,22,24H,14-15,19H2,1-9H3,(H,34,40)(H,35,41)(H,36,39)/t22?,24-/m1/s1. The Hall–Kier alpha value is -4.10. The van der Waals surface area contributed by atoms with Gasteiger partial charge in [0.25, 0.3) is 0 Å². The maximum absolute atomic E-state index is 13.6. The van der Waals surface area contributed by atoms with Crippen molar-refractivity contribution in [3.8, 4) is 0 Å². The smallest absolute Gasteiger partial charge is 0.412 e. The predicted molar refractivity (Wildman–Crippen MR) is 178 cm³/mol. The lowest BCUT2D eigenvalue weighted by molar-refractivity contribution is -0.118. The highest BCUT2D eigenvalue weighted by molar-refractivity contribution is 7.89. The minimum atomic E-state index is -3.83. The average Bonchev–Trinajstić information content (AvgIpc) is 3.52. The molecule has 4 rings (SSSR count). The van der Waals surface area contributed by atoms with Crippen molar-refractivity contribution in [2.75, 3.05) is 23.7 Å². The van der Waals surface area contributed by atoms with Gasteiger partial charge in [-0.2, -0.15) is 4.31 Å². The van der Waals surface area contributed by atoms with Crippen molar-refractivity contribution >= 4 is 50.4 Å². The molecule has 0 bridgehead atoms. The summed E-state index contributed by atoms with van der Waals surface area (Å²) in [5.41, 5.74) is 2.05. The SMILES string of the molecule is Cc1ccc(NC(=O)OC(C)(C)C)cc1NC(=O)C(C)n1cc(C)c2cc(S(=O)(=O)N3CC[C@@H](NC(=O)OC(C)(C)C)C3)ccc21. The molecule has 0 spiro atoms. The van der Waals surface area contributed by atoms with E-state index in [2.05, 4.69) is 16.0 Å². The Labute approximate surface area is 270 Å². The summed E-state index contributed by atoms with van der Waals surface area (Å²) in [6.45, 7) is 16.5. The van der Waals surface area contributed by atoms with Gasteiger partial charge in [-0.05, 0) is 110 Å². The number of alkyl carbamates (subject to hydrolysis) is 1. The number of aryl methyl sites for hydroxylation is 2. The maximum atomic E-state index is 13.6. The van der Waals surface area contributed by atoms with Crippen LogP contribution in [0.4, 0.5) is 21.0 Å². The zero-order valence-electron chi connectivity index (χ0n) is 28.0. The van der Waals surface area contributed by atoms with Crippen molar-refractivity contribution in [1.82, 2.24) is 14.2 Å². The highest BCUT2D eigenvalue weighted by atomic mass is 32.2. The monoisotopic (exact) mass is 655 g/mol. The summed E-state index contributed by atoms with van der Waals surface area (Å²) < 4.78 is 41.0. The van der Waals surface area contributed by atoms with E-state index in [1.165, 1.54) is 4.31 Å². The van der Waals surface area contributed by atoms with Crippen LogP contribution in [0.5, 0.6) is 0 Å². The van der Waals surface area contributed by atoms with Crippen LogP contribution >= 0.6 is 0 Å². The number of rotatable bonds is 7. The number of nitrogens with one attached hydrogen (secondary N) is 3. The second kappa shape index (κ2) is 13.0. The van der Waals surface area contributed by atoms with Crippen LogP contribution in [0.2, 0.25) is 0 Å². The molecule has 13 heteroatoms. The Morgan fingerprint density at radius 2 is 1.54 bits per heavy atom. The van der Waals surface area contributed by atoms with E-state index in [0.29, 0.717) is 28.7 Å². The molecule has 3 amide bonds. The summed E-state index contributed by atoms with van der Waals surface area (Å²) in [4.78, 5) is 38.0. The van der Waals surface area contributed by atoms with Gasteiger partial charge in [0.15, 0.2) is 0 Å². The third kappa shape index (κ3) is 8.38. The first-order chi connectivity index (χ1) is 21.2. The Balaban J connectivity index is 1.48. The highest BCUT2D eigenvalue weighted by Gasteiger charge is 2.34. The second-order valence-corrected chi connectivity index (χ2v) is 15.7. The number of ether oxygens (including phenoxy) is 2. The Bertz CT molecular complexity index is 1750. The molecule has 12 nitrogen and oxygen atoms in total. The van der Waals surface area contributed by atoms with E-state index in [1.54, 1.807) is 84.9 Å². The summed E-state index contributed by atoms with van der Waals surface area (Å²) in [6.07, 6.45) is 1.13. The lowest BCUT2D eigenvalue weighted by atomic mass is 10.1. The second-order valence-electron chi connectivity index (χ2n) is 13.7. The summed E-state index contributed by atoms with van der Waals surface area (Å²) >= 11 is 0. The molecule has 0 saturated carbocycles. The quantitative estimate of drug-likeness (QED) is 0.279. The zero-order valence-corrected chi connectivity index (χ0v) is 28.8. The number of fused-ring (bicyclic) bond motifs is 1. The number of hydrogen-bond donors (Lipinski definition) is 3. The van der Waals surface area contributed by atoms with E-state index in [1.807, 2.05) is 24.6 Å². The molecule has 250 valence electrons. The van der Waals surface area contributed by atoms with Crippen LogP contribution in [0.3, 0.4) is 0 Å². The fourth-order valence-electron chi connectivity index (χ4n) is 5.19. The highest BCUT2D eigenvalue weighted by Crippen LogP contribution is 2.30. The lowest BCUT2D eigenvalue weighted by Crippen LogP contribution is -2.41. The number of nitrogens with zero attached hydrogens (tertiary/aromatic N) is 2. The minimum Gasteiger partial charge on any atom is -0.444 e. The number of benzene rings is 2. The molecule has 1 fully saturated rings. The van der Waals surface area contributed by atoms with Crippen molar-refractivity contribution in [1.29, 1.82) is 0 Å². The zero-order chi connectivity index (χ0) is 34.2. The molecular weight excluding hydrogens is 610 g/mol. The number of anilines is 2. The van der Waals surface area contributed by atoms with Gasteiger partial charge in [-0.25, -0.2) is 18.0 Å². The van der Waals surface area contributed by atoms with Crippen LogP contribution in [0.15, 0.2) is 47.5 Å².